The van der Waals surface area contributed by atoms with Crippen LogP contribution in [0.25, 0.3) is 0 Å². The molecule has 2 saturated carbocycles. The lowest BCUT2D eigenvalue weighted by atomic mass is 9.68. The quantitative estimate of drug-likeness (QED) is 0.487. The van der Waals surface area contributed by atoms with Gasteiger partial charge in [-0.3, -0.25) is 0 Å². The zero-order chi connectivity index (χ0) is 17.6. The molecule has 0 bridgehead atoms. The molecule has 0 unspecified atom stereocenters. The minimum Gasteiger partial charge on any atom is -0.205 e. The molecule has 0 atom stereocenters. The number of halogens is 3. The topological polar surface area (TPSA) is 0 Å². The van der Waals surface area contributed by atoms with E-state index in [1.165, 1.54) is 57.8 Å². The molecule has 25 heavy (non-hydrogen) atoms. The Labute approximate surface area is 161 Å². The van der Waals surface area contributed by atoms with Crippen molar-refractivity contribution in [3.63, 3.8) is 0 Å². The van der Waals surface area contributed by atoms with Gasteiger partial charge in [0.05, 0.1) is 5.02 Å². The SMILES string of the molecule is Fc1cc(CCC2CCC(C3CCC(/C=C/Cl)CC3)CC2)ccc1Cl. The van der Waals surface area contributed by atoms with Crippen LogP contribution >= 0.6 is 23.2 Å². The second-order valence-electron chi connectivity index (χ2n) is 8.06. The highest BCUT2D eigenvalue weighted by Gasteiger charge is 2.30. The average Bonchev–Trinajstić information content (AvgIpc) is 2.64. The van der Waals surface area contributed by atoms with Gasteiger partial charge in [-0.25, -0.2) is 4.39 Å². The largest absolute Gasteiger partial charge is 0.205 e. The molecular formula is C22H29Cl2F. The van der Waals surface area contributed by atoms with Gasteiger partial charge in [0.1, 0.15) is 5.82 Å². The molecule has 2 aliphatic carbocycles. The normalized spacial score (nSPS) is 30.7. The van der Waals surface area contributed by atoms with Crippen molar-refractivity contribution in [1.29, 1.82) is 0 Å². The van der Waals surface area contributed by atoms with Gasteiger partial charge >= 0.3 is 0 Å². The Hall–Kier alpha value is -0.530. The molecule has 0 nitrogen and oxygen atoms in total. The van der Waals surface area contributed by atoms with E-state index in [-0.39, 0.29) is 10.8 Å². The Balaban J connectivity index is 1.39. The third kappa shape index (κ3) is 5.47. The van der Waals surface area contributed by atoms with E-state index in [0.717, 1.165) is 29.7 Å². The van der Waals surface area contributed by atoms with Crippen LogP contribution in [0.15, 0.2) is 29.8 Å². The third-order valence-corrected chi connectivity index (χ3v) is 7.00. The van der Waals surface area contributed by atoms with Gasteiger partial charge in [0.25, 0.3) is 0 Å². The summed E-state index contributed by atoms with van der Waals surface area (Å²) in [4.78, 5) is 0. The molecule has 0 saturated heterocycles. The monoisotopic (exact) mass is 382 g/mol. The highest BCUT2D eigenvalue weighted by molar-refractivity contribution is 6.30. The van der Waals surface area contributed by atoms with Crippen molar-refractivity contribution in [1.82, 2.24) is 0 Å². The fourth-order valence-electron chi connectivity index (χ4n) is 4.93. The fraction of sp³-hybridized carbons (Fsp3) is 0.636. The molecule has 3 rings (SSSR count). The summed E-state index contributed by atoms with van der Waals surface area (Å²) in [7, 11) is 0. The van der Waals surface area contributed by atoms with E-state index in [1.807, 2.05) is 6.07 Å². The first-order valence-electron chi connectivity index (χ1n) is 9.86. The maximum Gasteiger partial charge on any atom is 0.142 e. The minimum atomic E-state index is -0.289. The Kier molecular flexibility index (Phi) is 7.25. The van der Waals surface area contributed by atoms with Gasteiger partial charge in [-0.15, -0.1) is 0 Å². The Morgan fingerprint density at radius 1 is 0.960 bits per heavy atom. The van der Waals surface area contributed by atoms with Crippen molar-refractivity contribution in [2.45, 2.75) is 64.2 Å². The van der Waals surface area contributed by atoms with E-state index in [1.54, 1.807) is 17.7 Å². The maximum atomic E-state index is 13.5. The number of benzene rings is 1. The smallest absolute Gasteiger partial charge is 0.142 e. The lowest BCUT2D eigenvalue weighted by Gasteiger charge is -2.37. The molecular weight excluding hydrogens is 354 g/mol. The van der Waals surface area contributed by atoms with Crippen LogP contribution in [-0.2, 0) is 6.42 Å². The highest BCUT2D eigenvalue weighted by Crippen LogP contribution is 2.42. The molecule has 0 aliphatic heterocycles. The summed E-state index contributed by atoms with van der Waals surface area (Å²) < 4.78 is 13.5. The summed E-state index contributed by atoms with van der Waals surface area (Å²) in [5.74, 6) is 3.11. The first kappa shape index (κ1) is 19.2. The summed E-state index contributed by atoms with van der Waals surface area (Å²) in [6.45, 7) is 0. The van der Waals surface area contributed by atoms with Crippen LogP contribution in [0.2, 0.25) is 5.02 Å². The standard InChI is InChI=1S/C22H29Cl2F/c23-14-13-17-5-10-20(11-6-17)19-8-3-16(4-9-19)1-2-18-7-12-21(24)22(25)15-18/h7,12-17,19-20H,1-6,8-11H2/b14-13+. The molecule has 0 radical (unpaired) electrons. The van der Waals surface area contributed by atoms with E-state index in [9.17, 15) is 4.39 Å². The van der Waals surface area contributed by atoms with E-state index in [4.69, 9.17) is 23.2 Å². The van der Waals surface area contributed by atoms with Gasteiger partial charge in [-0.05, 0) is 92.7 Å². The number of hydrogen-bond donors (Lipinski definition) is 0. The maximum absolute atomic E-state index is 13.5. The van der Waals surface area contributed by atoms with E-state index in [2.05, 4.69) is 6.08 Å². The van der Waals surface area contributed by atoms with Crippen molar-refractivity contribution in [2.24, 2.45) is 23.7 Å². The molecule has 0 amide bonds. The van der Waals surface area contributed by atoms with Gasteiger partial charge in [0.2, 0.25) is 0 Å². The summed E-state index contributed by atoms with van der Waals surface area (Å²) in [6.07, 6.45) is 15.2. The van der Waals surface area contributed by atoms with Crippen LogP contribution < -0.4 is 0 Å². The number of hydrogen-bond acceptors (Lipinski definition) is 0. The molecule has 0 heterocycles. The number of allylic oxidation sites excluding steroid dienone is 1. The average molecular weight is 383 g/mol. The van der Waals surface area contributed by atoms with Crippen LogP contribution in [0.4, 0.5) is 4.39 Å². The zero-order valence-electron chi connectivity index (χ0n) is 14.9. The molecule has 138 valence electrons. The van der Waals surface area contributed by atoms with E-state index >= 15 is 0 Å². The van der Waals surface area contributed by atoms with Crippen LogP contribution in [0.3, 0.4) is 0 Å². The van der Waals surface area contributed by atoms with Crippen molar-refractivity contribution in [2.75, 3.05) is 0 Å². The van der Waals surface area contributed by atoms with Crippen LogP contribution in [0, 0.1) is 29.5 Å². The third-order valence-electron chi connectivity index (χ3n) is 6.54. The highest BCUT2D eigenvalue weighted by atomic mass is 35.5. The summed E-state index contributed by atoms with van der Waals surface area (Å²) in [5, 5.41) is 0.223. The van der Waals surface area contributed by atoms with Crippen LogP contribution in [0.1, 0.15) is 63.4 Å². The fourth-order valence-corrected chi connectivity index (χ4v) is 5.25. The van der Waals surface area contributed by atoms with Crippen molar-refractivity contribution in [3.05, 3.63) is 46.2 Å². The molecule has 1 aromatic rings. The Morgan fingerprint density at radius 2 is 1.60 bits per heavy atom. The molecule has 0 N–H and O–H groups in total. The van der Waals surface area contributed by atoms with Gasteiger partial charge in [0.15, 0.2) is 0 Å². The molecule has 1 aromatic carbocycles. The first-order chi connectivity index (χ1) is 12.2. The lowest BCUT2D eigenvalue weighted by Crippen LogP contribution is -2.25. The molecule has 0 aromatic heterocycles. The van der Waals surface area contributed by atoms with E-state index in [0.29, 0.717) is 5.92 Å². The van der Waals surface area contributed by atoms with Gasteiger partial charge in [-0.2, -0.15) is 0 Å². The minimum absolute atomic E-state index is 0.223. The van der Waals surface area contributed by atoms with Crippen molar-refractivity contribution >= 4 is 23.2 Å². The molecule has 2 fully saturated rings. The summed E-state index contributed by atoms with van der Waals surface area (Å²) >= 11 is 11.5. The second kappa shape index (κ2) is 9.42. The lowest BCUT2D eigenvalue weighted by molar-refractivity contribution is 0.153. The van der Waals surface area contributed by atoms with Crippen LogP contribution in [0.5, 0.6) is 0 Å². The second-order valence-corrected chi connectivity index (χ2v) is 8.72. The molecule has 3 heteroatoms. The molecule has 2 aliphatic rings. The number of rotatable bonds is 5. The zero-order valence-corrected chi connectivity index (χ0v) is 16.4. The van der Waals surface area contributed by atoms with Crippen molar-refractivity contribution in [3.8, 4) is 0 Å². The van der Waals surface area contributed by atoms with Gasteiger partial charge in [-0.1, -0.05) is 48.2 Å². The molecule has 0 spiro atoms. The predicted molar refractivity (Wildman–Crippen MR) is 106 cm³/mol. The van der Waals surface area contributed by atoms with E-state index < -0.39 is 0 Å². The predicted octanol–water partition coefficient (Wildman–Crippen LogP) is 7.78. The first-order valence-corrected chi connectivity index (χ1v) is 10.7. The van der Waals surface area contributed by atoms with Crippen molar-refractivity contribution < 1.29 is 4.39 Å². The van der Waals surface area contributed by atoms with Gasteiger partial charge in [0, 0.05) is 5.54 Å². The van der Waals surface area contributed by atoms with Gasteiger partial charge < -0.3 is 0 Å². The van der Waals surface area contributed by atoms with Crippen LogP contribution in [-0.4, -0.2) is 0 Å². The summed E-state index contributed by atoms with van der Waals surface area (Å²) in [6, 6.07) is 5.24. The number of aryl methyl sites for hydroxylation is 1. The summed E-state index contributed by atoms with van der Waals surface area (Å²) in [5.41, 5.74) is 2.78. The Morgan fingerprint density at radius 3 is 2.20 bits per heavy atom. The Bertz CT molecular complexity index is 567.